The smallest absolute Gasteiger partial charge is 0.115 e. The molecule has 0 aromatic heterocycles. The van der Waals surface area contributed by atoms with Crippen molar-refractivity contribution in [1.29, 1.82) is 0 Å². The monoisotopic (exact) mass is 260 g/mol. The third kappa shape index (κ3) is 2.05. The summed E-state index contributed by atoms with van der Waals surface area (Å²) < 4.78 is 0. The Morgan fingerprint density at radius 3 is 2.58 bits per heavy atom. The highest BCUT2D eigenvalue weighted by molar-refractivity contribution is 5.28. The first-order chi connectivity index (χ1) is 9.00. The minimum absolute atomic E-state index is 0.242. The fourth-order valence-corrected chi connectivity index (χ4v) is 4.04. The minimum atomic E-state index is 0.242. The van der Waals surface area contributed by atoms with Crippen molar-refractivity contribution >= 4 is 0 Å². The highest BCUT2D eigenvalue weighted by Gasteiger charge is 2.50. The van der Waals surface area contributed by atoms with E-state index >= 15 is 0 Å². The Balaban J connectivity index is 1.84. The lowest BCUT2D eigenvalue weighted by atomic mass is 9.84. The van der Waals surface area contributed by atoms with Gasteiger partial charge in [-0.3, -0.25) is 4.90 Å². The van der Waals surface area contributed by atoms with Crippen LogP contribution in [-0.4, -0.2) is 35.2 Å². The summed E-state index contributed by atoms with van der Waals surface area (Å²) in [4.78, 5) is 2.63. The number of hydrogen-bond acceptors (Lipinski definition) is 3. The molecule has 0 amide bonds. The van der Waals surface area contributed by atoms with Crippen LogP contribution in [-0.2, 0) is 0 Å². The number of likely N-dealkylation sites (tertiary alicyclic amines) is 1. The van der Waals surface area contributed by atoms with Crippen molar-refractivity contribution < 1.29 is 5.11 Å². The molecule has 0 bridgehead atoms. The molecule has 3 unspecified atom stereocenters. The first kappa shape index (κ1) is 12.9. The van der Waals surface area contributed by atoms with Crippen molar-refractivity contribution in [3.63, 3.8) is 0 Å². The number of benzene rings is 1. The van der Waals surface area contributed by atoms with E-state index in [-0.39, 0.29) is 5.54 Å². The van der Waals surface area contributed by atoms with Crippen molar-refractivity contribution in [3.8, 4) is 5.75 Å². The first-order valence-electron chi connectivity index (χ1n) is 7.26. The number of hydrogen-bond donors (Lipinski definition) is 2. The van der Waals surface area contributed by atoms with E-state index in [0.717, 1.165) is 24.9 Å². The van der Waals surface area contributed by atoms with E-state index in [4.69, 9.17) is 0 Å². The van der Waals surface area contributed by atoms with Crippen molar-refractivity contribution in [2.45, 2.75) is 32.4 Å². The van der Waals surface area contributed by atoms with Crippen LogP contribution in [0, 0.1) is 11.8 Å². The Morgan fingerprint density at radius 1 is 1.26 bits per heavy atom. The zero-order valence-corrected chi connectivity index (χ0v) is 12.1. The Labute approximate surface area is 115 Å². The van der Waals surface area contributed by atoms with E-state index in [0.29, 0.717) is 11.8 Å². The zero-order valence-electron chi connectivity index (χ0n) is 12.1. The van der Waals surface area contributed by atoms with Crippen molar-refractivity contribution in [2.24, 2.45) is 11.8 Å². The van der Waals surface area contributed by atoms with Gasteiger partial charge in [0.2, 0.25) is 0 Å². The lowest BCUT2D eigenvalue weighted by molar-refractivity contribution is 0.0970. The van der Waals surface area contributed by atoms with Gasteiger partial charge in [0, 0.05) is 24.7 Å². The standard InChI is InChI=1S/C16H24N2O/c1-11(12-4-6-14(19)7-5-12)18-10-13-8-17-9-15(13)16(18,2)3/h4-7,11,13,15,17,19H,8-10H2,1-3H3. The quantitative estimate of drug-likeness (QED) is 0.857. The minimum Gasteiger partial charge on any atom is -0.508 e. The van der Waals surface area contributed by atoms with Crippen LogP contribution >= 0.6 is 0 Å². The van der Waals surface area contributed by atoms with E-state index in [1.807, 2.05) is 12.1 Å². The third-order valence-electron chi connectivity index (χ3n) is 5.26. The van der Waals surface area contributed by atoms with Crippen molar-refractivity contribution in [1.82, 2.24) is 10.2 Å². The summed E-state index contributed by atoms with van der Waals surface area (Å²) in [7, 11) is 0. The van der Waals surface area contributed by atoms with Crippen LogP contribution in [0.25, 0.3) is 0 Å². The second kappa shape index (κ2) is 4.50. The topological polar surface area (TPSA) is 35.5 Å². The van der Waals surface area contributed by atoms with Crippen LogP contribution in [0.5, 0.6) is 5.75 Å². The molecule has 3 nitrogen and oxygen atoms in total. The van der Waals surface area contributed by atoms with Gasteiger partial charge in [0.15, 0.2) is 0 Å². The summed E-state index contributed by atoms with van der Waals surface area (Å²) in [5, 5.41) is 12.9. The SMILES string of the molecule is CC(c1ccc(O)cc1)N1CC2CNCC2C1(C)C. The average molecular weight is 260 g/mol. The summed E-state index contributed by atoms with van der Waals surface area (Å²) >= 11 is 0. The van der Waals surface area contributed by atoms with Gasteiger partial charge in [-0.05, 0) is 56.8 Å². The van der Waals surface area contributed by atoms with Gasteiger partial charge in [-0.25, -0.2) is 0 Å². The van der Waals surface area contributed by atoms with E-state index < -0.39 is 0 Å². The van der Waals surface area contributed by atoms with Gasteiger partial charge >= 0.3 is 0 Å². The molecule has 1 aromatic rings. The molecular formula is C16H24N2O. The number of aromatic hydroxyl groups is 1. The number of phenols is 1. The fraction of sp³-hybridized carbons (Fsp3) is 0.625. The maximum absolute atomic E-state index is 9.42. The van der Waals surface area contributed by atoms with Gasteiger partial charge in [-0.1, -0.05) is 12.1 Å². The van der Waals surface area contributed by atoms with Crippen LogP contribution in [0.3, 0.4) is 0 Å². The Morgan fingerprint density at radius 2 is 1.95 bits per heavy atom. The summed E-state index contributed by atoms with van der Waals surface area (Å²) in [5.41, 5.74) is 1.53. The molecule has 2 heterocycles. The lowest BCUT2D eigenvalue weighted by Crippen LogP contribution is -2.45. The molecule has 3 rings (SSSR count). The molecule has 0 aliphatic carbocycles. The van der Waals surface area contributed by atoms with Crippen LogP contribution in [0.1, 0.15) is 32.4 Å². The molecule has 3 heteroatoms. The predicted octanol–water partition coefficient (Wildman–Crippen LogP) is 2.38. The second-order valence-corrected chi connectivity index (χ2v) is 6.60. The summed E-state index contributed by atoms with van der Waals surface area (Å²) in [6.45, 7) is 10.5. The molecule has 19 heavy (non-hydrogen) atoms. The first-order valence-corrected chi connectivity index (χ1v) is 7.26. The molecule has 2 N–H and O–H groups in total. The second-order valence-electron chi connectivity index (χ2n) is 6.60. The normalized spacial score (nSPS) is 31.3. The zero-order chi connectivity index (χ0) is 13.6. The summed E-state index contributed by atoms with van der Waals surface area (Å²) in [5.74, 6) is 1.89. The molecule has 1 aromatic carbocycles. The Bertz CT molecular complexity index is 454. The molecule has 0 radical (unpaired) electrons. The molecule has 0 spiro atoms. The predicted molar refractivity (Wildman–Crippen MR) is 77.2 cm³/mol. The Kier molecular flexibility index (Phi) is 3.06. The highest BCUT2D eigenvalue weighted by Crippen LogP contribution is 2.44. The molecule has 2 aliphatic heterocycles. The highest BCUT2D eigenvalue weighted by atomic mass is 16.3. The number of rotatable bonds is 2. The molecule has 2 saturated heterocycles. The van der Waals surface area contributed by atoms with Gasteiger partial charge in [0.25, 0.3) is 0 Å². The molecule has 3 atom stereocenters. The van der Waals surface area contributed by atoms with E-state index in [1.54, 1.807) is 12.1 Å². The van der Waals surface area contributed by atoms with E-state index in [1.165, 1.54) is 12.1 Å². The van der Waals surface area contributed by atoms with E-state index in [9.17, 15) is 5.11 Å². The summed E-state index contributed by atoms with van der Waals surface area (Å²) in [6.07, 6.45) is 0. The molecule has 104 valence electrons. The molecule has 0 saturated carbocycles. The van der Waals surface area contributed by atoms with Crippen LogP contribution in [0.15, 0.2) is 24.3 Å². The van der Waals surface area contributed by atoms with Gasteiger partial charge in [0.05, 0.1) is 0 Å². The average Bonchev–Trinajstić information content (AvgIpc) is 2.92. The van der Waals surface area contributed by atoms with Crippen molar-refractivity contribution in [2.75, 3.05) is 19.6 Å². The number of phenolic OH excluding ortho intramolecular Hbond substituents is 1. The number of fused-ring (bicyclic) bond motifs is 1. The van der Waals surface area contributed by atoms with Gasteiger partial charge in [-0.15, -0.1) is 0 Å². The number of nitrogens with zero attached hydrogens (tertiary/aromatic N) is 1. The lowest BCUT2D eigenvalue weighted by Gasteiger charge is -2.40. The van der Waals surface area contributed by atoms with Crippen LogP contribution < -0.4 is 5.32 Å². The third-order valence-corrected chi connectivity index (χ3v) is 5.26. The van der Waals surface area contributed by atoms with Gasteiger partial charge in [0.1, 0.15) is 5.75 Å². The summed E-state index contributed by atoms with van der Waals surface area (Å²) in [6, 6.07) is 8.07. The van der Waals surface area contributed by atoms with Gasteiger partial charge in [-0.2, -0.15) is 0 Å². The molecular weight excluding hydrogens is 236 g/mol. The maximum Gasteiger partial charge on any atom is 0.115 e. The Hall–Kier alpha value is -1.06. The van der Waals surface area contributed by atoms with Crippen LogP contribution in [0.2, 0.25) is 0 Å². The van der Waals surface area contributed by atoms with Crippen molar-refractivity contribution in [3.05, 3.63) is 29.8 Å². The number of nitrogens with one attached hydrogen (secondary N) is 1. The maximum atomic E-state index is 9.42. The molecule has 2 aliphatic rings. The van der Waals surface area contributed by atoms with Gasteiger partial charge < -0.3 is 10.4 Å². The largest absolute Gasteiger partial charge is 0.508 e. The fourth-order valence-electron chi connectivity index (χ4n) is 4.04. The van der Waals surface area contributed by atoms with Crippen LogP contribution in [0.4, 0.5) is 0 Å². The van der Waals surface area contributed by atoms with E-state index in [2.05, 4.69) is 31.0 Å². The molecule has 2 fully saturated rings.